The first kappa shape index (κ1) is 20.2. The fourth-order valence-electron chi connectivity index (χ4n) is 3.26. The van der Waals surface area contributed by atoms with E-state index in [1.807, 2.05) is 6.92 Å². The van der Waals surface area contributed by atoms with Crippen LogP contribution >= 0.6 is 11.8 Å². The summed E-state index contributed by atoms with van der Waals surface area (Å²) in [6.45, 7) is 9.13. The Kier molecular flexibility index (Phi) is 5.56. The van der Waals surface area contributed by atoms with Gasteiger partial charge in [-0.25, -0.2) is 4.79 Å². The number of ether oxygens (including phenoxy) is 3. The summed E-state index contributed by atoms with van der Waals surface area (Å²) in [7, 11) is 0. The molecule has 9 heteroatoms. The van der Waals surface area contributed by atoms with Crippen LogP contribution in [-0.4, -0.2) is 64.7 Å². The van der Waals surface area contributed by atoms with Gasteiger partial charge in [0.15, 0.2) is 12.3 Å². The average Bonchev–Trinajstić information content (AvgIpc) is 3.05. The number of fused-ring (bicyclic) bond motifs is 1. The molecule has 2 saturated heterocycles. The highest BCUT2D eigenvalue weighted by Crippen LogP contribution is 2.43. The number of amides is 2. The van der Waals surface area contributed by atoms with E-state index in [9.17, 15) is 14.4 Å². The van der Waals surface area contributed by atoms with E-state index in [0.29, 0.717) is 12.2 Å². The molecule has 8 nitrogen and oxygen atoms in total. The lowest BCUT2D eigenvalue weighted by atomic mass is 9.97. The van der Waals surface area contributed by atoms with Gasteiger partial charge < -0.3 is 24.4 Å². The van der Waals surface area contributed by atoms with Crippen molar-refractivity contribution in [3.8, 4) is 0 Å². The molecule has 0 bridgehead atoms. The lowest BCUT2D eigenvalue weighted by Crippen LogP contribution is -2.74. The van der Waals surface area contributed by atoms with E-state index in [1.165, 1.54) is 23.6 Å². The molecule has 4 unspecified atom stereocenters. The summed E-state index contributed by atoms with van der Waals surface area (Å²) in [5, 5.41) is 4.09. The fraction of sp³-hybridized carbons (Fsp3) is 0.722. The summed E-state index contributed by atoms with van der Waals surface area (Å²) in [5.74, 6) is -1.12. The van der Waals surface area contributed by atoms with Gasteiger partial charge >= 0.3 is 5.97 Å². The van der Waals surface area contributed by atoms with Crippen LogP contribution in [0.4, 0.5) is 0 Å². The number of esters is 1. The summed E-state index contributed by atoms with van der Waals surface area (Å²) in [4.78, 5) is 38.4. The van der Waals surface area contributed by atoms with E-state index < -0.39 is 29.9 Å². The SMILES string of the molecule is CCC1COC(C2=CS[C@@H]3C(NC(C)=O)C(=O)N3C2C(=O)OC(C)(C)C)O1. The standard InChI is InChI=1S/C18H26N2O6S/c1-6-10-7-24-17(25-10)11-8-27-15-12(19-9(2)21)14(22)20(15)13(11)16(23)26-18(3,4)5/h8,10,12-13,15,17H,6-7H2,1-5H3,(H,19,21)/t10?,12?,13?,15-,17?/m1/s1. The van der Waals surface area contributed by atoms with Crippen molar-refractivity contribution in [1.29, 1.82) is 0 Å². The van der Waals surface area contributed by atoms with Crippen LogP contribution in [0.5, 0.6) is 0 Å². The van der Waals surface area contributed by atoms with Crippen LogP contribution in [0.1, 0.15) is 41.0 Å². The lowest BCUT2D eigenvalue weighted by molar-refractivity contribution is -0.172. The topological polar surface area (TPSA) is 94.2 Å². The molecule has 2 fully saturated rings. The molecule has 0 aromatic rings. The summed E-state index contributed by atoms with van der Waals surface area (Å²) >= 11 is 1.37. The summed E-state index contributed by atoms with van der Waals surface area (Å²) in [6.07, 6.45) is 0.0647. The number of hydrogen-bond donors (Lipinski definition) is 1. The van der Waals surface area contributed by atoms with Gasteiger partial charge in [-0.2, -0.15) is 0 Å². The van der Waals surface area contributed by atoms with Gasteiger partial charge in [-0.1, -0.05) is 6.92 Å². The van der Waals surface area contributed by atoms with Gasteiger partial charge in [0.05, 0.1) is 12.7 Å². The van der Waals surface area contributed by atoms with Crippen molar-refractivity contribution in [1.82, 2.24) is 10.2 Å². The number of nitrogens with one attached hydrogen (secondary N) is 1. The van der Waals surface area contributed by atoms with Crippen molar-refractivity contribution in [2.75, 3.05) is 6.61 Å². The van der Waals surface area contributed by atoms with Crippen molar-refractivity contribution >= 4 is 29.5 Å². The van der Waals surface area contributed by atoms with E-state index in [-0.39, 0.29) is 23.3 Å². The van der Waals surface area contributed by atoms with Gasteiger partial charge in [0.2, 0.25) is 11.8 Å². The molecule has 0 aliphatic carbocycles. The van der Waals surface area contributed by atoms with Gasteiger partial charge in [-0.05, 0) is 32.6 Å². The van der Waals surface area contributed by atoms with E-state index in [0.717, 1.165) is 6.42 Å². The van der Waals surface area contributed by atoms with Crippen LogP contribution in [-0.2, 0) is 28.6 Å². The first-order valence-corrected chi connectivity index (χ1v) is 10.0. The van der Waals surface area contributed by atoms with Gasteiger partial charge in [0.25, 0.3) is 0 Å². The van der Waals surface area contributed by atoms with Gasteiger partial charge in [-0.15, -0.1) is 11.8 Å². The Morgan fingerprint density at radius 2 is 2.11 bits per heavy atom. The van der Waals surface area contributed by atoms with E-state index in [2.05, 4.69) is 5.32 Å². The molecule has 5 atom stereocenters. The Labute approximate surface area is 162 Å². The molecule has 0 aromatic heterocycles. The van der Waals surface area contributed by atoms with Gasteiger partial charge in [-0.3, -0.25) is 9.59 Å². The Morgan fingerprint density at radius 1 is 1.41 bits per heavy atom. The fourth-order valence-corrected chi connectivity index (χ4v) is 4.49. The van der Waals surface area contributed by atoms with Gasteiger partial charge in [0.1, 0.15) is 17.0 Å². The van der Waals surface area contributed by atoms with Crippen molar-refractivity contribution in [2.45, 2.75) is 76.5 Å². The van der Waals surface area contributed by atoms with Crippen molar-refractivity contribution < 1.29 is 28.6 Å². The first-order valence-electron chi connectivity index (χ1n) is 9.07. The highest BCUT2D eigenvalue weighted by molar-refractivity contribution is 8.02. The maximum Gasteiger partial charge on any atom is 0.334 e. The molecule has 0 radical (unpaired) electrons. The van der Waals surface area contributed by atoms with E-state index in [4.69, 9.17) is 14.2 Å². The molecular weight excluding hydrogens is 372 g/mol. The van der Waals surface area contributed by atoms with E-state index in [1.54, 1.807) is 26.2 Å². The average molecular weight is 398 g/mol. The Bertz CT molecular complexity index is 673. The Morgan fingerprint density at radius 3 is 2.67 bits per heavy atom. The first-order chi connectivity index (χ1) is 12.6. The predicted molar refractivity (Wildman–Crippen MR) is 98.4 cm³/mol. The Balaban J connectivity index is 1.87. The highest BCUT2D eigenvalue weighted by atomic mass is 32.2. The second kappa shape index (κ2) is 7.44. The molecule has 3 aliphatic rings. The molecule has 3 rings (SSSR count). The second-order valence-corrected chi connectivity index (χ2v) is 8.83. The zero-order valence-electron chi connectivity index (χ0n) is 16.2. The van der Waals surface area contributed by atoms with Crippen molar-refractivity contribution in [3.63, 3.8) is 0 Å². The molecule has 150 valence electrons. The lowest BCUT2D eigenvalue weighted by Gasteiger charge is -2.52. The smallest absolute Gasteiger partial charge is 0.334 e. The number of hydrogen-bond acceptors (Lipinski definition) is 7. The molecule has 27 heavy (non-hydrogen) atoms. The molecule has 2 amide bonds. The van der Waals surface area contributed by atoms with Crippen LogP contribution in [0.2, 0.25) is 0 Å². The minimum atomic E-state index is -0.923. The predicted octanol–water partition coefficient (Wildman–Crippen LogP) is 1.15. The molecule has 0 saturated carbocycles. The van der Waals surface area contributed by atoms with Crippen LogP contribution in [0.15, 0.2) is 11.0 Å². The summed E-state index contributed by atoms with van der Waals surface area (Å²) in [5.41, 5.74) is -0.132. The highest BCUT2D eigenvalue weighted by Gasteiger charge is 2.57. The molecule has 3 aliphatic heterocycles. The van der Waals surface area contributed by atoms with Crippen LogP contribution in [0.25, 0.3) is 0 Å². The van der Waals surface area contributed by atoms with E-state index >= 15 is 0 Å². The Hall–Kier alpha value is -1.58. The van der Waals surface area contributed by atoms with Crippen molar-refractivity contribution in [3.05, 3.63) is 11.0 Å². The normalized spacial score (nSPS) is 33.1. The number of carbonyl (C=O) groups excluding carboxylic acids is 3. The quantitative estimate of drug-likeness (QED) is 0.561. The maximum atomic E-state index is 12.9. The number of rotatable bonds is 4. The second-order valence-electron chi connectivity index (χ2n) is 7.84. The number of carbonyl (C=O) groups is 3. The van der Waals surface area contributed by atoms with Gasteiger partial charge in [0, 0.05) is 12.5 Å². The summed E-state index contributed by atoms with van der Waals surface area (Å²) < 4.78 is 17.2. The van der Waals surface area contributed by atoms with Crippen LogP contribution in [0.3, 0.4) is 0 Å². The number of thioether (sulfide) groups is 1. The third-order valence-corrected chi connectivity index (χ3v) is 5.67. The third kappa shape index (κ3) is 4.00. The number of nitrogens with zero attached hydrogens (tertiary/aromatic N) is 1. The van der Waals surface area contributed by atoms with Crippen LogP contribution < -0.4 is 5.32 Å². The molecule has 0 spiro atoms. The zero-order valence-corrected chi connectivity index (χ0v) is 17.0. The molecule has 1 N–H and O–H groups in total. The maximum absolute atomic E-state index is 12.9. The van der Waals surface area contributed by atoms with Crippen molar-refractivity contribution in [2.24, 2.45) is 0 Å². The minimum absolute atomic E-state index is 0.0443. The number of β-lactam (4-membered cyclic amide) rings is 1. The van der Waals surface area contributed by atoms with Crippen LogP contribution in [0, 0.1) is 0 Å². The molecule has 3 heterocycles. The monoisotopic (exact) mass is 398 g/mol. The third-order valence-electron chi connectivity index (χ3n) is 4.48. The largest absolute Gasteiger partial charge is 0.458 e. The molecule has 0 aromatic carbocycles. The summed E-state index contributed by atoms with van der Waals surface area (Å²) in [6, 6.07) is -1.57. The molecular formula is C18H26N2O6S. The minimum Gasteiger partial charge on any atom is -0.458 e. The zero-order chi connectivity index (χ0) is 19.9.